The molecule has 0 bridgehead atoms. The van der Waals surface area contributed by atoms with Gasteiger partial charge in [0.25, 0.3) is 0 Å². The van der Waals surface area contributed by atoms with Gasteiger partial charge >= 0.3 is 0 Å². The SMILES string of the molecule is COc1ccc(Cl)cc1Nc1ncnc2nc(Nc3ccc(CN4CCOCC4)cc3)sc12. The normalized spacial score (nSPS) is 14.4. The van der Waals surface area contributed by atoms with Crippen molar-refractivity contribution >= 4 is 55.6 Å². The van der Waals surface area contributed by atoms with Gasteiger partial charge in [-0.05, 0) is 35.9 Å². The van der Waals surface area contributed by atoms with E-state index in [1.54, 1.807) is 19.2 Å². The molecule has 8 nitrogen and oxygen atoms in total. The van der Waals surface area contributed by atoms with Gasteiger partial charge in [0.1, 0.15) is 16.8 Å². The van der Waals surface area contributed by atoms with E-state index in [0.717, 1.165) is 54.1 Å². The van der Waals surface area contributed by atoms with Gasteiger partial charge in [0.15, 0.2) is 16.6 Å². The fourth-order valence-electron chi connectivity index (χ4n) is 3.64. The number of thiazole rings is 1. The Morgan fingerprint density at radius 3 is 2.70 bits per heavy atom. The number of hydrogen-bond donors (Lipinski definition) is 2. The summed E-state index contributed by atoms with van der Waals surface area (Å²) < 4.78 is 11.7. The molecule has 170 valence electrons. The minimum Gasteiger partial charge on any atom is -0.495 e. The van der Waals surface area contributed by atoms with Gasteiger partial charge in [-0.15, -0.1) is 0 Å². The molecule has 10 heteroatoms. The van der Waals surface area contributed by atoms with Gasteiger partial charge in [-0.3, -0.25) is 4.90 Å². The highest BCUT2D eigenvalue weighted by atomic mass is 35.5. The largest absolute Gasteiger partial charge is 0.495 e. The molecule has 1 aliphatic rings. The summed E-state index contributed by atoms with van der Waals surface area (Å²) in [5, 5.41) is 8.03. The molecule has 4 aromatic rings. The van der Waals surface area contributed by atoms with Gasteiger partial charge in [0.2, 0.25) is 0 Å². The fourth-order valence-corrected chi connectivity index (χ4v) is 4.69. The van der Waals surface area contributed by atoms with E-state index in [9.17, 15) is 0 Å². The number of nitrogens with zero attached hydrogens (tertiary/aromatic N) is 4. The van der Waals surface area contributed by atoms with E-state index >= 15 is 0 Å². The molecule has 0 saturated carbocycles. The number of ether oxygens (including phenoxy) is 2. The number of fused-ring (bicyclic) bond motifs is 1. The maximum atomic E-state index is 6.16. The summed E-state index contributed by atoms with van der Waals surface area (Å²) in [5.41, 5.74) is 3.59. The molecule has 1 aliphatic heterocycles. The molecule has 2 N–H and O–H groups in total. The number of hydrogen-bond acceptors (Lipinski definition) is 9. The van der Waals surface area contributed by atoms with Gasteiger partial charge in [-0.25, -0.2) is 9.97 Å². The highest BCUT2D eigenvalue weighted by Gasteiger charge is 2.14. The zero-order valence-electron chi connectivity index (χ0n) is 18.0. The van der Waals surface area contributed by atoms with E-state index < -0.39 is 0 Å². The molecule has 33 heavy (non-hydrogen) atoms. The van der Waals surface area contributed by atoms with E-state index in [0.29, 0.717) is 22.2 Å². The molecule has 2 aromatic heterocycles. The van der Waals surface area contributed by atoms with E-state index in [4.69, 9.17) is 21.1 Å². The Kier molecular flexibility index (Phi) is 6.54. The van der Waals surface area contributed by atoms with Gasteiger partial charge in [-0.2, -0.15) is 4.98 Å². The van der Waals surface area contributed by atoms with Crippen molar-refractivity contribution in [2.75, 3.05) is 44.0 Å². The summed E-state index contributed by atoms with van der Waals surface area (Å²) in [6.45, 7) is 4.50. The van der Waals surface area contributed by atoms with Crippen LogP contribution in [0.25, 0.3) is 10.3 Å². The number of methoxy groups -OCH3 is 1. The zero-order valence-corrected chi connectivity index (χ0v) is 19.6. The van der Waals surface area contributed by atoms with Crippen LogP contribution in [0.15, 0.2) is 48.8 Å². The van der Waals surface area contributed by atoms with Crippen LogP contribution < -0.4 is 15.4 Å². The van der Waals surface area contributed by atoms with Crippen molar-refractivity contribution in [2.45, 2.75) is 6.54 Å². The third kappa shape index (κ3) is 5.17. The average molecular weight is 483 g/mol. The molecule has 3 heterocycles. The van der Waals surface area contributed by atoms with Crippen LogP contribution in [-0.2, 0) is 11.3 Å². The lowest BCUT2D eigenvalue weighted by Gasteiger charge is -2.26. The molecular weight excluding hydrogens is 460 g/mol. The van der Waals surface area contributed by atoms with E-state index in [1.165, 1.54) is 23.2 Å². The minimum absolute atomic E-state index is 0.604. The summed E-state index contributed by atoms with van der Waals surface area (Å²) in [5.74, 6) is 1.32. The second-order valence-electron chi connectivity index (χ2n) is 7.57. The average Bonchev–Trinajstić information content (AvgIpc) is 3.25. The first-order valence-electron chi connectivity index (χ1n) is 10.6. The standard InChI is InChI=1S/C23H23ClN6O2S/c1-31-19-7-4-16(24)12-18(19)28-21-20-22(26-14-25-21)29-23(33-20)27-17-5-2-15(3-6-17)13-30-8-10-32-11-9-30/h2-7,12,14H,8-11,13H2,1H3,(H2,25,26,27,28,29). The molecular formula is C23H23ClN6O2S. The topological polar surface area (TPSA) is 84.4 Å². The van der Waals surface area contributed by atoms with Crippen molar-refractivity contribution in [1.29, 1.82) is 0 Å². The van der Waals surface area contributed by atoms with Crippen LogP contribution in [-0.4, -0.2) is 53.3 Å². The number of nitrogens with one attached hydrogen (secondary N) is 2. The summed E-state index contributed by atoms with van der Waals surface area (Å²) in [6, 6.07) is 13.8. The number of morpholine rings is 1. The van der Waals surface area contributed by atoms with Crippen LogP contribution in [0.5, 0.6) is 5.75 Å². The van der Waals surface area contributed by atoms with Crippen LogP contribution in [0.4, 0.5) is 22.3 Å². The lowest BCUT2D eigenvalue weighted by molar-refractivity contribution is 0.0342. The molecule has 0 spiro atoms. The van der Waals surface area contributed by atoms with Crippen molar-refractivity contribution in [1.82, 2.24) is 19.9 Å². The number of aromatic nitrogens is 3. The summed E-state index contributed by atoms with van der Waals surface area (Å²) in [7, 11) is 1.62. The van der Waals surface area contributed by atoms with Crippen molar-refractivity contribution in [3.05, 3.63) is 59.4 Å². The van der Waals surface area contributed by atoms with Gasteiger partial charge < -0.3 is 20.1 Å². The smallest absolute Gasteiger partial charge is 0.189 e. The van der Waals surface area contributed by atoms with Crippen LogP contribution in [0.2, 0.25) is 5.02 Å². The lowest BCUT2D eigenvalue weighted by atomic mass is 10.2. The number of anilines is 4. The zero-order chi connectivity index (χ0) is 22.6. The first-order valence-corrected chi connectivity index (χ1v) is 11.8. The van der Waals surface area contributed by atoms with Crippen LogP contribution in [0.3, 0.4) is 0 Å². The Bertz CT molecular complexity index is 1240. The fraction of sp³-hybridized carbons (Fsp3) is 0.261. The van der Waals surface area contributed by atoms with Gasteiger partial charge in [-0.1, -0.05) is 35.1 Å². The van der Waals surface area contributed by atoms with E-state index in [-0.39, 0.29) is 0 Å². The summed E-state index contributed by atoms with van der Waals surface area (Å²) >= 11 is 7.64. The van der Waals surface area contributed by atoms with Gasteiger partial charge in [0.05, 0.1) is 26.0 Å². The quantitative estimate of drug-likeness (QED) is 0.378. The second-order valence-corrected chi connectivity index (χ2v) is 9.01. The predicted octanol–water partition coefficient (Wildman–Crippen LogP) is 5.07. The third-order valence-corrected chi connectivity index (χ3v) is 6.52. The van der Waals surface area contributed by atoms with Crippen molar-refractivity contribution < 1.29 is 9.47 Å². The molecule has 5 rings (SSSR count). The molecule has 0 radical (unpaired) electrons. The van der Waals surface area contributed by atoms with Gasteiger partial charge in [0, 0.05) is 30.3 Å². The minimum atomic E-state index is 0.604. The van der Waals surface area contributed by atoms with Crippen molar-refractivity contribution in [2.24, 2.45) is 0 Å². The molecule has 1 saturated heterocycles. The highest BCUT2D eigenvalue weighted by molar-refractivity contribution is 7.22. The Labute approximate surface area is 200 Å². The predicted molar refractivity (Wildman–Crippen MR) is 132 cm³/mol. The van der Waals surface area contributed by atoms with Crippen molar-refractivity contribution in [3.8, 4) is 5.75 Å². The van der Waals surface area contributed by atoms with E-state index in [2.05, 4.69) is 54.8 Å². The van der Waals surface area contributed by atoms with E-state index in [1.807, 2.05) is 6.07 Å². The van der Waals surface area contributed by atoms with Crippen LogP contribution in [0, 0.1) is 0 Å². The highest BCUT2D eigenvalue weighted by Crippen LogP contribution is 2.35. The summed E-state index contributed by atoms with van der Waals surface area (Å²) in [4.78, 5) is 15.8. The third-order valence-electron chi connectivity index (χ3n) is 5.32. The second kappa shape index (κ2) is 9.88. The maximum Gasteiger partial charge on any atom is 0.189 e. The molecule has 2 aromatic carbocycles. The lowest BCUT2D eigenvalue weighted by Crippen LogP contribution is -2.35. The number of benzene rings is 2. The van der Waals surface area contributed by atoms with Crippen LogP contribution in [0.1, 0.15) is 5.56 Å². The monoisotopic (exact) mass is 482 g/mol. The Morgan fingerprint density at radius 1 is 1.09 bits per heavy atom. The molecule has 0 atom stereocenters. The molecule has 0 unspecified atom stereocenters. The van der Waals surface area contributed by atoms with Crippen molar-refractivity contribution in [3.63, 3.8) is 0 Å². The first kappa shape index (κ1) is 21.8. The first-order chi connectivity index (χ1) is 16.2. The number of rotatable bonds is 7. The number of halogens is 1. The van der Waals surface area contributed by atoms with Crippen LogP contribution >= 0.6 is 22.9 Å². The summed E-state index contributed by atoms with van der Waals surface area (Å²) in [6.07, 6.45) is 1.49. The Hall–Kier alpha value is -2.98. The Balaban J connectivity index is 1.32. The molecule has 1 fully saturated rings. The Morgan fingerprint density at radius 2 is 1.91 bits per heavy atom. The molecule has 0 aliphatic carbocycles. The molecule has 0 amide bonds. The maximum absolute atomic E-state index is 6.16.